The van der Waals surface area contributed by atoms with Crippen LogP contribution in [0.5, 0.6) is 0 Å². The fourth-order valence-electron chi connectivity index (χ4n) is 5.51. The van der Waals surface area contributed by atoms with Gasteiger partial charge in [0.2, 0.25) is 5.91 Å². The molecule has 0 radical (unpaired) electrons. The van der Waals surface area contributed by atoms with Gasteiger partial charge in [-0.2, -0.15) is 0 Å². The average Bonchev–Trinajstić information content (AvgIpc) is 3.17. The molecule has 0 N–H and O–H groups in total. The normalized spacial score (nSPS) is 22.2. The number of carbonyl (C=O) groups excluding carboxylic acids is 1. The summed E-state index contributed by atoms with van der Waals surface area (Å²) < 4.78 is 0. The van der Waals surface area contributed by atoms with Crippen LogP contribution in [0.3, 0.4) is 0 Å². The van der Waals surface area contributed by atoms with Gasteiger partial charge in [0.1, 0.15) is 0 Å². The zero-order valence-electron chi connectivity index (χ0n) is 17.3. The molecule has 5 rings (SSSR count). The molecule has 3 heterocycles. The van der Waals surface area contributed by atoms with Crippen LogP contribution >= 0.6 is 0 Å². The van der Waals surface area contributed by atoms with E-state index in [0.717, 1.165) is 37.4 Å². The first-order chi connectivity index (χ1) is 14.1. The highest BCUT2D eigenvalue weighted by Gasteiger charge is 2.42. The monoisotopic (exact) mass is 390 g/mol. The summed E-state index contributed by atoms with van der Waals surface area (Å²) in [6.07, 6.45) is 10.1. The number of fused-ring (bicyclic) bond motifs is 1. The molecule has 1 aromatic heterocycles. The number of likely N-dealkylation sites (tertiary alicyclic amines) is 2. The number of hydrogen-bond acceptors (Lipinski definition) is 4. The molecule has 5 heteroatoms. The second kappa shape index (κ2) is 7.52. The van der Waals surface area contributed by atoms with Crippen LogP contribution in [-0.4, -0.2) is 51.4 Å². The Morgan fingerprint density at radius 3 is 2.41 bits per heavy atom. The number of amides is 1. The summed E-state index contributed by atoms with van der Waals surface area (Å²) in [7, 11) is 0. The van der Waals surface area contributed by atoms with E-state index in [9.17, 15) is 4.79 Å². The van der Waals surface area contributed by atoms with E-state index in [4.69, 9.17) is 0 Å². The van der Waals surface area contributed by atoms with E-state index in [0.29, 0.717) is 19.0 Å². The molecule has 1 spiro atoms. The molecule has 29 heavy (non-hydrogen) atoms. The van der Waals surface area contributed by atoms with E-state index < -0.39 is 0 Å². The molecule has 5 nitrogen and oxygen atoms in total. The van der Waals surface area contributed by atoms with E-state index in [2.05, 4.69) is 39.1 Å². The Morgan fingerprint density at radius 1 is 1.03 bits per heavy atom. The number of piperidine rings is 2. The lowest BCUT2D eigenvalue weighted by molar-refractivity contribution is -0.140. The third-order valence-corrected chi connectivity index (χ3v) is 7.34. The Bertz CT molecular complexity index is 861. The van der Waals surface area contributed by atoms with Gasteiger partial charge < -0.3 is 4.90 Å². The highest BCUT2D eigenvalue weighted by Crippen LogP contribution is 2.41. The predicted octanol–water partition coefficient (Wildman–Crippen LogP) is 3.16. The lowest BCUT2D eigenvalue weighted by Crippen LogP contribution is -2.53. The van der Waals surface area contributed by atoms with Crippen LogP contribution in [0.15, 0.2) is 36.7 Å². The zero-order valence-corrected chi connectivity index (χ0v) is 17.3. The summed E-state index contributed by atoms with van der Waals surface area (Å²) >= 11 is 0. The minimum absolute atomic E-state index is 0.270. The van der Waals surface area contributed by atoms with Gasteiger partial charge in [0.15, 0.2) is 0 Å². The molecular formula is C24H30N4O. The maximum Gasteiger partial charge on any atom is 0.222 e. The van der Waals surface area contributed by atoms with E-state index in [1.54, 1.807) is 6.20 Å². The minimum Gasteiger partial charge on any atom is -0.336 e. The Hall–Kier alpha value is -2.27. The van der Waals surface area contributed by atoms with Crippen LogP contribution in [0.2, 0.25) is 0 Å². The van der Waals surface area contributed by atoms with Crippen molar-refractivity contribution in [2.75, 3.05) is 19.6 Å². The highest BCUT2D eigenvalue weighted by molar-refractivity contribution is 5.77. The van der Waals surface area contributed by atoms with Crippen LogP contribution < -0.4 is 0 Å². The van der Waals surface area contributed by atoms with Gasteiger partial charge in [0, 0.05) is 25.2 Å². The number of benzene rings is 1. The van der Waals surface area contributed by atoms with Crippen LogP contribution in [0.25, 0.3) is 0 Å². The molecule has 0 saturated carbocycles. The molecule has 0 bridgehead atoms. The Morgan fingerprint density at radius 2 is 1.76 bits per heavy atom. The summed E-state index contributed by atoms with van der Waals surface area (Å²) in [4.78, 5) is 26.1. The Balaban J connectivity index is 1.21. The fraction of sp³-hybridized carbons (Fsp3) is 0.542. The van der Waals surface area contributed by atoms with Crippen molar-refractivity contribution in [3.63, 3.8) is 0 Å². The van der Waals surface area contributed by atoms with Gasteiger partial charge in [-0.3, -0.25) is 19.7 Å². The van der Waals surface area contributed by atoms with Crippen LogP contribution in [0.4, 0.5) is 0 Å². The molecule has 152 valence electrons. The average molecular weight is 391 g/mol. The van der Waals surface area contributed by atoms with E-state index >= 15 is 0 Å². The standard InChI is InChI=1S/C24H30N4O/c1-18-14-26-21(15-25-18)16-28-17-24(7-6-23(28)29)8-10-27(11-9-24)22-12-19-4-2-3-5-20(19)13-22/h2-5,14-15,22H,6-13,16-17H2,1H3. The van der Waals surface area contributed by atoms with Gasteiger partial charge in [0.05, 0.1) is 24.1 Å². The van der Waals surface area contributed by atoms with Gasteiger partial charge in [-0.05, 0) is 68.7 Å². The highest BCUT2D eigenvalue weighted by atomic mass is 16.2. The smallest absolute Gasteiger partial charge is 0.222 e. The number of hydrogen-bond donors (Lipinski definition) is 0. The third-order valence-electron chi connectivity index (χ3n) is 7.34. The van der Waals surface area contributed by atoms with Crippen molar-refractivity contribution < 1.29 is 4.79 Å². The van der Waals surface area contributed by atoms with Gasteiger partial charge in [-0.15, -0.1) is 0 Å². The molecular weight excluding hydrogens is 360 g/mol. The number of aryl methyl sites for hydroxylation is 1. The first-order valence-corrected chi connectivity index (χ1v) is 11.0. The van der Waals surface area contributed by atoms with Gasteiger partial charge >= 0.3 is 0 Å². The number of aromatic nitrogens is 2. The van der Waals surface area contributed by atoms with Crippen LogP contribution in [0, 0.1) is 12.3 Å². The molecule has 1 aromatic carbocycles. The largest absolute Gasteiger partial charge is 0.336 e. The Labute approximate surface area is 173 Å². The molecule has 1 aliphatic carbocycles. The van der Waals surface area contributed by atoms with Crippen molar-refractivity contribution in [2.24, 2.45) is 5.41 Å². The van der Waals surface area contributed by atoms with Crippen LogP contribution in [0.1, 0.15) is 48.2 Å². The van der Waals surface area contributed by atoms with E-state index in [-0.39, 0.29) is 11.3 Å². The van der Waals surface area contributed by atoms with Crippen molar-refractivity contribution in [1.29, 1.82) is 0 Å². The number of nitrogens with zero attached hydrogens (tertiary/aromatic N) is 4. The number of carbonyl (C=O) groups is 1. The maximum absolute atomic E-state index is 12.6. The maximum atomic E-state index is 12.6. The summed E-state index contributed by atoms with van der Waals surface area (Å²) in [5.74, 6) is 0.270. The molecule has 3 aliphatic rings. The first-order valence-electron chi connectivity index (χ1n) is 11.0. The lowest BCUT2D eigenvalue weighted by atomic mass is 9.72. The lowest BCUT2D eigenvalue weighted by Gasteiger charge is -2.48. The van der Waals surface area contributed by atoms with Crippen LogP contribution in [-0.2, 0) is 24.2 Å². The molecule has 2 saturated heterocycles. The Kier molecular flexibility index (Phi) is 4.86. The van der Waals surface area contributed by atoms with Crippen molar-refractivity contribution in [3.05, 3.63) is 59.2 Å². The SMILES string of the molecule is Cc1cnc(CN2CC3(CCC2=O)CCN(C2Cc4ccccc4C2)CC3)cn1. The quantitative estimate of drug-likeness (QED) is 0.808. The predicted molar refractivity (Wildman–Crippen MR) is 112 cm³/mol. The third kappa shape index (κ3) is 3.80. The summed E-state index contributed by atoms with van der Waals surface area (Å²) in [6, 6.07) is 9.57. The molecule has 0 unspecified atom stereocenters. The first kappa shape index (κ1) is 18.7. The molecule has 2 aromatic rings. The zero-order chi connectivity index (χ0) is 19.8. The minimum atomic E-state index is 0.270. The molecule has 1 amide bonds. The molecule has 2 fully saturated rings. The van der Waals surface area contributed by atoms with Gasteiger partial charge in [-0.25, -0.2) is 0 Å². The van der Waals surface area contributed by atoms with Crippen molar-refractivity contribution in [1.82, 2.24) is 19.8 Å². The molecule has 0 atom stereocenters. The van der Waals surface area contributed by atoms with Crippen molar-refractivity contribution >= 4 is 5.91 Å². The second-order valence-corrected chi connectivity index (χ2v) is 9.27. The molecule has 2 aliphatic heterocycles. The summed E-state index contributed by atoms with van der Waals surface area (Å²) in [5.41, 5.74) is 5.16. The number of rotatable bonds is 3. The summed E-state index contributed by atoms with van der Waals surface area (Å²) in [5, 5.41) is 0. The van der Waals surface area contributed by atoms with E-state index in [1.807, 2.05) is 18.0 Å². The van der Waals surface area contributed by atoms with Crippen molar-refractivity contribution in [3.8, 4) is 0 Å². The van der Waals surface area contributed by atoms with Gasteiger partial charge in [0.25, 0.3) is 0 Å². The topological polar surface area (TPSA) is 49.3 Å². The van der Waals surface area contributed by atoms with E-state index in [1.165, 1.54) is 36.8 Å². The fourth-order valence-corrected chi connectivity index (χ4v) is 5.51. The second-order valence-electron chi connectivity index (χ2n) is 9.27. The summed E-state index contributed by atoms with van der Waals surface area (Å²) in [6.45, 7) is 5.72. The van der Waals surface area contributed by atoms with Gasteiger partial charge in [-0.1, -0.05) is 24.3 Å². The van der Waals surface area contributed by atoms with Crippen molar-refractivity contribution in [2.45, 2.75) is 58.0 Å².